The molecule has 2 aliphatic heterocycles. The van der Waals surface area contributed by atoms with Crippen LogP contribution in [0.15, 0.2) is 42.6 Å². The molecule has 2 N–H and O–H groups in total. The van der Waals surface area contributed by atoms with Gasteiger partial charge in [-0.3, -0.25) is 4.90 Å². The van der Waals surface area contributed by atoms with Gasteiger partial charge in [0.05, 0.1) is 13.2 Å². The molecule has 2 aliphatic rings. The summed E-state index contributed by atoms with van der Waals surface area (Å²) in [6.07, 6.45) is 3.92. The van der Waals surface area contributed by atoms with Crippen LogP contribution in [0, 0.1) is 0 Å². The molecule has 1 atom stereocenters. The zero-order valence-electron chi connectivity index (χ0n) is 18.3. The third-order valence-electron chi connectivity index (χ3n) is 6.24. The topological polar surface area (TPSA) is 69.7 Å². The van der Waals surface area contributed by atoms with Gasteiger partial charge in [0, 0.05) is 51.5 Å². The predicted molar refractivity (Wildman–Crippen MR) is 122 cm³/mol. The maximum absolute atomic E-state index is 12.3. The van der Waals surface area contributed by atoms with Crippen molar-refractivity contribution in [2.24, 2.45) is 0 Å². The molecule has 1 aromatic carbocycles. The first-order valence-electron chi connectivity index (χ1n) is 11.3. The zero-order valence-corrected chi connectivity index (χ0v) is 18.3. The van der Waals surface area contributed by atoms with Gasteiger partial charge in [0.2, 0.25) is 0 Å². The van der Waals surface area contributed by atoms with E-state index >= 15 is 0 Å². The van der Waals surface area contributed by atoms with Gasteiger partial charge in [0.25, 0.3) is 0 Å². The van der Waals surface area contributed by atoms with Crippen LogP contribution in [0.25, 0.3) is 0 Å². The Bertz CT molecular complexity index is 851. The Morgan fingerprint density at radius 2 is 1.90 bits per heavy atom. The number of hydrogen-bond acceptors (Lipinski definition) is 5. The van der Waals surface area contributed by atoms with E-state index in [1.807, 2.05) is 18.3 Å². The molecule has 31 heavy (non-hydrogen) atoms. The van der Waals surface area contributed by atoms with Gasteiger partial charge in [-0.05, 0) is 35.6 Å². The van der Waals surface area contributed by atoms with Gasteiger partial charge in [-0.15, -0.1) is 0 Å². The highest BCUT2D eigenvalue weighted by atomic mass is 16.5. The summed E-state index contributed by atoms with van der Waals surface area (Å²) in [5, 5.41) is 6.01. The number of hydrogen-bond donors (Lipinski definition) is 2. The number of nitrogens with zero attached hydrogens (tertiary/aromatic N) is 3. The Labute approximate surface area is 184 Å². The molecule has 7 heteroatoms. The van der Waals surface area contributed by atoms with Gasteiger partial charge in [-0.1, -0.05) is 37.3 Å². The fourth-order valence-corrected chi connectivity index (χ4v) is 4.32. The van der Waals surface area contributed by atoms with Crippen LogP contribution in [0.2, 0.25) is 0 Å². The number of morpholine rings is 1. The molecular formula is C24H33N5O2. The van der Waals surface area contributed by atoms with Crippen molar-refractivity contribution < 1.29 is 9.53 Å². The minimum atomic E-state index is -0.131. The molecule has 1 saturated heterocycles. The monoisotopic (exact) mass is 423 g/mol. The van der Waals surface area contributed by atoms with Crippen LogP contribution >= 0.6 is 0 Å². The first-order valence-corrected chi connectivity index (χ1v) is 11.3. The molecule has 1 fully saturated rings. The lowest BCUT2D eigenvalue weighted by Crippen LogP contribution is -2.47. The molecule has 166 valence electrons. The first-order chi connectivity index (χ1) is 15.2. The lowest BCUT2D eigenvalue weighted by Gasteiger charge is -2.35. The smallest absolute Gasteiger partial charge is 0.315 e. The Kier molecular flexibility index (Phi) is 7.38. The fourth-order valence-electron chi connectivity index (χ4n) is 4.32. The third-order valence-corrected chi connectivity index (χ3v) is 6.24. The van der Waals surface area contributed by atoms with Crippen molar-refractivity contribution in [2.75, 3.05) is 44.3 Å². The summed E-state index contributed by atoms with van der Waals surface area (Å²) in [5.41, 5.74) is 3.85. The summed E-state index contributed by atoms with van der Waals surface area (Å²) in [6.45, 7) is 8.53. The number of amides is 2. The summed E-state index contributed by atoms with van der Waals surface area (Å²) in [5.74, 6) is 0.963. The maximum atomic E-state index is 12.3. The second-order valence-corrected chi connectivity index (χ2v) is 8.24. The number of carbonyl (C=O) groups excluding carboxylic acids is 1. The highest BCUT2D eigenvalue weighted by Gasteiger charge is 2.22. The van der Waals surface area contributed by atoms with E-state index < -0.39 is 0 Å². The SMILES string of the molecule is CC[C@H](CNC(=O)NCc1ccc(N2CCOCC2)nc1)N1CCc2ccccc2C1. The highest BCUT2D eigenvalue weighted by molar-refractivity contribution is 5.73. The summed E-state index contributed by atoms with van der Waals surface area (Å²) < 4.78 is 5.38. The van der Waals surface area contributed by atoms with E-state index in [4.69, 9.17) is 4.74 Å². The molecule has 0 aliphatic carbocycles. The summed E-state index contributed by atoms with van der Waals surface area (Å²) in [6, 6.07) is 12.9. The van der Waals surface area contributed by atoms with Crippen molar-refractivity contribution in [1.29, 1.82) is 0 Å². The lowest BCUT2D eigenvalue weighted by atomic mass is 9.98. The zero-order chi connectivity index (χ0) is 21.5. The van der Waals surface area contributed by atoms with E-state index in [0.29, 0.717) is 19.1 Å². The maximum Gasteiger partial charge on any atom is 0.315 e. The molecule has 3 heterocycles. The molecule has 0 bridgehead atoms. The van der Waals surface area contributed by atoms with Crippen LogP contribution in [-0.4, -0.2) is 61.3 Å². The number of carbonyl (C=O) groups is 1. The number of fused-ring (bicyclic) bond motifs is 1. The first kappa shape index (κ1) is 21.6. The van der Waals surface area contributed by atoms with Gasteiger partial charge >= 0.3 is 6.03 Å². The Morgan fingerprint density at radius 1 is 1.10 bits per heavy atom. The van der Waals surface area contributed by atoms with Crippen LogP contribution < -0.4 is 15.5 Å². The standard InChI is InChI=1S/C24H33N5O2/c1-2-22(29-10-9-20-5-3-4-6-21(20)18-29)17-27-24(30)26-16-19-7-8-23(25-15-19)28-11-13-31-14-12-28/h3-8,15,22H,2,9-14,16-18H2,1H3,(H2,26,27,30)/t22-/m1/s1. The van der Waals surface area contributed by atoms with Crippen molar-refractivity contribution in [3.8, 4) is 0 Å². The van der Waals surface area contributed by atoms with E-state index in [2.05, 4.69) is 56.6 Å². The number of urea groups is 1. The number of ether oxygens (including phenoxy) is 1. The summed E-state index contributed by atoms with van der Waals surface area (Å²) in [4.78, 5) is 21.6. The van der Waals surface area contributed by atoms with E-state index in [1.165, 1.54) is 11.1 Å². The average Bonchev–Trinajstić information content (AvgIpc) is 2.84. The summed E-state index contributed by atoms with van der Waals surface area (Å²) in [7, 11) is 0. The van der Waals surface area contributed by atoms with E-state index in [-0.39, 0.29) is 6.03 Å². The van der Waals surface area contributed by atoms with Crippen molar-refractivity contribution in [2.45, 2.75) is 38.9 Å². The average molecular weight is 424 g/mol. The van der Waals surface area contributed by atoms with Gasteiger partial charge in [0.15, 0.2) is 0 Å². The number of benzene rings is 1. The minimum absolute atomic E-state index is 0.131. The van der Waals surface area contributed by atoms with Crippen molar-refractivity contribution >= 4 is 11.8 Å². The molecule has 1 aromatic heterocycles. The van der Waals surface area contributed by atoms with Crippen molar-refractivity contribution in [3.05, 3.63) is 59.3 Å². The normalized spacial score (nSPS) is 17.6. The second-order valence-electron chi connectivity index (χ2n) is 8.24. The fraction of sp³-hybridized carbons (Fsp3) is 0.500. The molecule has 0 radical (unpaired) electrons. The largest absolute Gasteiger partial charge is 0.378 e. The van der Waals surface area contributed by atoms with Crippen LogP contribution in [0.3, 0.4) is 0 Å². The Balaban J connectivity index is 1.21. The summed E-state index contributed by atoms with van der Waals surface area (Å²) >= 11 is 0. The van der Waals surface area contributed by atoms with Crippen LogP contribution in [0.1, 0.15) is 30.0 Å². The van der Waals surface area contributed by atoms with Crippen molar-refractivity contribution in [3.63, 3.8) is 0 Å². The number of pyridine rings is 1. The lowest BCUT2D eigenvalue weighted by molar-refractivity contribution is 0.122. The molecule has 4 rings (SSSR count). The molecule has 0 spiro atoms. The molecular weight excluding hydrogens is 390 g/mol. The van der Waals surface area contributed by atoms with Crippen molar-refractivity contribution in [1.82, 2.24) is 20.5 Å². The molecule has 7 nitrogen and oxygen atoms in total. The Hall–Kier alpha value is -2.64. The van der Waals surface area contributed by atoms with Gasteiger partial charge < -0.3 is 20.3 Å². The van der Waals surface area contributed by atoms with Gasteiger partial charge in [-0.2, -0.15) is 0 Å². The number of rotatable bonds is 7. The van der Waals surface area contributed by atoms with E-state index in [1.54, 1.807) is 0 Å². The Morgan fingerprint density at radius 3 is 2.65 bits per heavy atom. The second kappa shape index (κ2) is 10.6. The molecule has 2 aromatic rings. The predicted octanol–water partition coefficient (Wildman–Crippen LogP) is 2.55. The van der Waals surface area contributed by atoms with E-state index in [9.17, 15) is 4.79 Å². The van der Waals surface area contributed by atoms with Crippen LogP contribution in [-0.2, 0) is 24.2 Å². The molecule has 0 unspecified atom stereocenters. The number of aromatic nitrogens is 1. The van der Waals surface area contributed by atoms with Gasteiger partial charge in [-0.25, -0.2) is 9.78 Å². The number of nitrogens with one attached hydrogen (secondary N) is 2. The van der Waals surface area contributed by atoms with Crippen LogP contribution in [0.5, 0.6) is 0 Å². The number of anilines is 1. The highest BCUT2D eigenvalue weighted by Crippen LogP contribution is 2.21. The third kappa shape index (κ3) is 5.74. The quantitative estimate of drug-likeness (QED) is 0.716. The molecule has 2 amide bonds. The van der Waals surface area contributed by atoms with Gasteiger partial charge in [0.1, 0.15) is 5.82 Å². The minimum Gasteiger partial charge on any atom is -0.378 e. The molecule has 0 saturated carbocycles. The van der Waals surface area contributed by atoms with Crippen LogP contribution in [0.4, 0.5) is 10.6 Å². The van der Waals surface area contributed by atoms with E-state index in [0.717, 1.165) is 63.6 Å².